The van der Waals surface area contributed by atoms with E-state index in [1.807, 2.05) is 20.8 Å². The Morgan fingerprint density at radius 3 is 2.19 bits per heavy atom. The van der Waals surface area contributed by atoms with Gasteiger partial charge in [-0.1, -0.05) is 19.8 Å². The first-order valence-electron chi connectivity index (χ1n) is 6.09. The van der Waals surface area contributed by atoms with Crippen LogP contribution in [0.15, 0.2) is 0 Å². The van der Waals surface area contributed by atoms with Crippen molar-refractivity contribution in [2.75, 3.05) is 18.5 Å². The van der Waals surface area contributed by atoms with Crippen LogP contribution in [0, 0.1) is 20.8 Å². The van der Waals surface area contributed by atoms with E-state index in [2.05, 4.69) is 28.8 Å². The maximum atomic E-state index is 4.61. The highest BCUT2D eigenvalue weighted by molar-refractivity contribution is 5.43. The Kier molecular flexibility index (Phi) is 4.71. The predicted octanol–water partition coefficient (Wildman–Crippen LogP) is 3.03. The number of unbranched alkanes of at least 4 members (excludes halogenated alkanes) is 2. The molecule has 0 aliphatic rings. The minimum Gasteiger partial charge on any atom is -0.358 e. The van der Waals surface area contributed by atoms with Crippen LogP contribution in [-0.4, -0.2) is 23.6 Å². The number of aryl methyl sites for hydroxylation is 3. The quantitative estimate of drug-likeness (QED) is 0.716. The fourth-order valence-electron chi connectivity index (χ4n) is 1.77. The van der Waals surface area contributed by atoms with Crippen LogP contribution < -0.4 is 4.90 Å². The number of aromatic nitrogens is 2. The van der Waals surface area contributed by atoms with Gasteiger partial charge >= 0.3 is 0 Å². The maximum absolute atomic E-state index is 4.61. The van der Waals surface area contributed by atoms with Crippen LogP contribution in [0.1, 0.15) is 43.3 Å². The molecule has 0 spiro atoms. The Morgan fingerprint density at radius 1 is 0.938 bits per heavy atom. The molecule has 0 unspecified atom stereocenters. The van der Waals surface area contributed by atoms with E-state index < -0.39 is 0 Å². The van der Waals surface area contributed by atoms with Gasteiger partial charge in [0.15, 0.2) is 0 Å². The Balaban J connectivity index is 2.75. The lowest BCUT2D eigenvalue weighted by Crippen LogP contribution is -2.22. The van der Waals surface area contributed by atoms with E-state index in [1.165, 1.54) is 19.3 Å². The van der Waals surface area contributed by atoms with Gasteiger partial charge in [-0.05, 0) is 27.2 Å². The molecule has 0 fully saturated rings. The molecule has 1 aromatic rings. The summed E-state index contributed by atoms with van der Waals surface area (Å²) in [4.78, 5) is 11.3. The molecule has 0 aliphatic carbocycles. The molecule has 3 heteroatoms. The number of hydrogen-bond donors (Lipinski definition) is 0. The van der Waals surface area contributed by atoms with Gasteiger partial charge in [0.25, 0.3) is 0 Å². The molecule has 16 heavy (non-hydrogen) atoms. The first-order valence-corrected chi connectivity index (χ1v) is 6.09. The van der Waals surface area contributed by atoms with Crippen LogP contribution >= 0.6 is 0 Å². The van der Waals surface area contributed by atoms with Crippen LogP contribution in [0.5, 0.6) is 0 Å². The summed E-state index contributed by atoms with van der Waals surface area (Å²) >= 11 is 0. The van der Waals surface area contributed by atoms with Crippen LogP contribution in [0.3, 0.4) is 0 Å². The minimum absolute atomic E-state index is 1.03. The Morgan fingerprint density at radius 2 is 1.56 bits per heavy atom. The van der Waals surface area contributed by atoms with Crippen molar-refractivity contribution < 1.29 is 0 Å². The van der Waals surface area contributed by atoms with Gasteiger partial charge in [-0.3, -0.25) is 4.98 Å². The van der Waals surface area contributed by atoms with Gasteiger partial charge in [0.1, 0.15) is 5.82 Å². The van der Waals surface area contributed by atoms with E-state index in [4.69, 9.17) is 0 Å². The second kappa shape index (κ2) is 5.83. The van der Waals surface area contributed by atoms with Crippen molar-refractivity contribution in [3.8, 4) is 0 Å². The minimum atomic E-state index is 1.03. The lowest BCUT2D eigenvalue weighted by Gasteiger charge is -2.20. The first-order chi connectivity index (χ1) is 7.56. The zero-order valence-corrected chi connectivity index (χ0v) is 11.2. The number of hydrogen-bond acceptors (Lipinski definition) is 3. The molecule has 0 saturated heterocycles. The largest absolute Gasteiger partial charge is 0.358 e. The lowest BCUT2D eigenvalue weighted by molar-refractivity contribution is 0.698. The molecule has 0 N–H and O–H groups in total. The summed E-state index contributed by atoms with van der Waals surface area (Å²) in [5.74, 6) is 1.03. The van der Waals surface area contributed by atoms with Crippen LogP contribution in [-0.2, 0) is 0 Å². The third-order valence-electron chi connectivity index (χ3n) is 2.91. The highest BCUT2D eigenvalue weighted by Crippen LogP contribution is 2.16. The first kappa shape index (κ1) is 12.9. The Labute approximate surface area is 98.9 Å². The highest BCUT2D eigenvalue weighted by Gasteiger charge is 2.09. The molecule has 0 atom stereocenters. The van der Waals surface area contributed by atoms with Crippen LogP contribution in [0.25, 0.3) is 0 Å². The smallest absolute Gasteiger partial charge is 0.150 e. The van der Waals surface area contributed by atoms with Gasteiger partial charge in [0.2, 0.25) is 0 Å². The van der Waals surface area contributed by atoms with Gasteiger partial charge in [0.05, 0.1) is 17.1 Å². The number of anilines is 1. The normalized spacial score (nSPS) is 10.6. The van der Waals surface area contributed by atoms with Gasteiger partial charge in [-0.15, -0.1) is 0 Å². The van der Waals surface area contributed by atoms with E-state index in [9.17, 15) is 0 Å². The summed E-state index contributed by atoms with van der Waals surface area (Å²) in [5.41, 5.74) is 3.09. The Hall–Kier alpha value is -1.12. The van der Waals surface area contributed by atoms with Crippen molar-refractivity contribution in [1.29, 1.82) is 0 Å². The molecule has 3 nitrogen and oxygen atoms in total. The average molecular weight is 221 g/mol. The summed E-state index contributed by atoms with van der Waals surface area (Å²) in [6.07, 6.45) is 3.76. The lowest BCUT2D eigenvalue weighted by atomic mass is 10.2. The molecular formula is C13H23N3. The van der Waals surface area contributed by atoms with Crippen molar-refractivity contribution in [3.63, 3.8) is 0 Å². The summed E-state index contributed by atoms with van der Waals surface area (Å²) < 4.78 is 0. The third-order valence-corrected chi connectivity index (χ3v) is 2.91. The fourth-order valence-corrected chi connectivity index (χ4v) is 1.77. The van der Waals surface area contributed by atoms with Crippen molar-refractivity contribution in [1.82, 2.24) is 9.97 Å². The molecular weight excluding hydrogens is 198 g/mol. The summed E-state index contributed by atoms with van der Waals surface area (Å²) in [7, 11) is 2.10. The van der Waals surface area contributed by atoms with E-state index in [0.717, 1.165) is 29.4 Å². The monoisotopic (exact) mass is 221 g/mol. The molecule has 1 rings (SSSR count). The number of nitrogens with zero attached hydrogens (tertiary/aromatic N) is 3. The molecule has 0 amide bonds. The summed E-state index contributed by atoms with van der Waals surface area (Å²) in [6.45, 7) is 9.35. The fraction of sp³-hybridized carbons (Fsp3) is 0.692. The molecule has 1 aromatic heterocycles. The zero-order chi connectivity index (χ0) is 12.1. The van der Waals surface area contributed by atoms with E-state index in [1.54, 1.807) is 0 Å². The van der Waals surface area contributed by atoms with Gasteiger partial charge in [-0.2, -0.15) is 0 Å². The molecule has 0 bridgehead atoms. The van der Waals surface area contributed by atoms with E-state index in [0.29, 0.717) is 0 Å². The molecule has 0 aliphatic heterocycles. The van der Waals surface area contributed by atoms with Crippen molar-refractivity contribution >= 4 is 5.82 Å². The van der Waals surface area contributed by atoms with E-state index >= 15 is 0 Å². The average Bonchev–Trinajstić information content (AvgIpc) is 2.23. The predicted molar refractivity (Wildman–Crippen MR) is 69.0 cm³/mol. The zero-order valence-electron chi connectivity index (χ0n) is 11.2. The van der Waals surface area contributed by atoms with Crippen molar-refractivity contribution in [2.45, 2.75) is 47.0 Å². The molecule has 90 valence electrons. The molecule has 0 radical (unpaired) electrons. The maximum Gasteiger partial charge on any atom is 0.150 e. The molecule has 0 saturated carbocycles. The molecule has 0 aromatic carbocycles. The second-order valence-corrected chi connectivity index (χ2v) is 4.43. The summed E-state index contributed by atoms with van der Waals surface area (Å²) in [5, 5.41) is 0. The van der Waals surface area contributed by atoms with E-state index in [-0.39, 0.29) is 0 Å². The number of rotatable bonds is 5. The topological polar surface area (TPSA) is 29.0 Å². The highest BCUT2D eigenvalue weighted by atomic mass is 15.2. The van der Waals surface area contributed by atoms with Crippen LogP contribution in [0.2, 0.25) is 0 Å². The summed E-state index contributed by atoms with van der Waals surface area (Å²) in [6, 6.07) is 0. The van der Waals surface area contributed by atoms with Crippen molar-refractivity contribution in [2.24, 2.45) is 0 Å². The second-order valence-electron chi connectivity index (χ2n) is 4.43. The van der Waals surface area contributed by atoms with Gasteiger partial charge in [-0.25, -0.2) is 4.98 Å². The van der Waals surface area contributed by atoms with Crippen LogP contribution in [0.4, 0.5) is 5.82 Å². The Bertz CT molecular complexity index is 347. The standard InChI is InChI=1S/C13H23N3/c1-6-7-8-9-16(5)13-12(4)14-10(2)11(3)15-13/h6-9H2,1-5H3. The molecule has 1 heterocycles. The van der Waals surface area contributed by atoms with Gasteiger partial charge in [0, 0.05) is 13.6 Å². The van der Waals surface area contributed by atoms with Gasteiger partial charge < -0.3 is 4.90 Å². The van der Waals surface area contributed by atoms with Crippen molar-refractivity contribution in [3.05, 3.63) is 17.1 Å². The SMILES string of the molecule is CCCCCN(C)c1nc(C)c(C)nc1C. The third kappa shape index (κ3) is 3.19.